The third-order valence-corrected chi connectivity index (χ3v) is 4.41. The zero-order chi connectivity index (χ0) is 17.8. The summed E-state index contributed by atoms with van der Waals surface area (Å²) in [6.45, 7) is 0. The first-order valence-corrected chi connectivity index (χ1v) is 8.50. The van der Waals surface area contributed by atoms with Gasteiger partial charge in [0.15, 0.2) is 0 Å². The van der Waals surface area contributed by atoms with Crippen LogP contribution in [0, 0.1) is 5.82 Å². The summed E-state index contributed by atoms with van der Waals surface area (Å²) >= 11 is 7.27. The van der Waals surface area contributed by atoms with Crippen molar-refractivity contribution in [3.63, 3.8) is 0 Å². The van der Waals surface area contributed by atoms with Gasteiger partial charge in [0, 0.05) is 10.7 Å². The third-order valence-electron chi connectivity index (χ3n) is 3.30. The Hall–Kier alpha value is -2.70. The Morgan fingerprint density at radius 2 is 1.80 bits per heavy atom. The maximum atomic E-state index is 13.3. The number of hydrogen-bond acceptors (Lipinski definition) is 3. The van der Waals surface area contributed by atoms with E-state index in [1.807, 2.05) is 0 Å². The van der Waals surface area contributed by atoms with Gasteiger partial charge < -0.3 is 10.6 Å². The van der Waals surface area contributed by atoms with Crippen LogP contribution in [0.5, 0.6) is 0 Å². The molecule has 0 saturated heterocycles. The summed E-state index contributed by atoms with van der Waals surface area (Å²) in [5.74, 6) is -1.28. The average molecular weight is 375 g/mol. The van der Waals surface area contributed by atoms with Crippen LogP contribution in [0.15, 0.2) is 60.0 Å². The summed E-state index contributed by atoms with van der Waals surface area (Å²) in [6, 6.07) is 13.5. The molecule has 0 aliphatic carbocycles. The second kappa shape index (κ2) is 7.46. The lowest BCUT2D eigenvalue weighted by Crippen LogP contribution is -2.17. The zero-order valence-electron chi connectivity index (χ0n) is 12.8. The number of thiophene rings is 1. The lowest BCUT2D eigenvalue weighted by atomic mass is 10.1. The number of nitrogens with one attached hydrogen (secondary N) is 2. The number of hydrogen-bond donors (Lipinski definition) is 2. The van der Waals surface area contributed by atoms with E-state index < -0.39 is 11.7 Å². The molecule has 0 aliphatic heterocycles. The molecule has 7 heteroatoms. The Bertz CT molecular complexity index is 929. The molecule has 0 fully saturated rings. The van der Waals surface area contributed by atoms with Crippen molar-refractivity contribution < 1.29 is 14.0 Å². The summed E-state index contributed by atoms with van der Waals surface area (Å²) in [5.41, 5.74) is 0.814. The van der Waals surface area contributed by atoms with E-state index >= 15 is 0 Å². The maximum Gasteiger partial charge on any atom is 0.265 e. The smallest absolute Gasteiger partial charge is 0.265 e. The first kappa shape index (κ1) is 17.1. The molecular formula is C18H12ClFN2O2S. The standard InChI is InChI=1S/C18H12ClFN2O2S/c19-11-6-7-14(17(23)21-13-4-1-3-12(20)10-13)15(9-11)22-18(24)16-5-2-8-25-16/h1-10H,(H,21,23)(H,22,24). The summed E-state index contributed by atoms with van der Waals surface area (Å²) in [7, 11) is 0. The van der Waals surface area contributed by atoms with Crippen LogP contribution in [0.4, 0.5) is 15.8 Å². The van der Waals surface area contributed by atoms with E-state index in [-0.39, 0.29) is 17.2 Å². The number of benzene rings is 2. The van der Waals surface area contributed by atoms with Gasteiger partial charge in [0.2, 0.25) is 0 Å². The minimum atomic E-state index is -0.483. The van der Waals surface area contributed by atoms with Gasteiger partial charge in [-0.05, 0) is 47.8 Å². The maximum absolute atomic E-state index is 13.3. The highest BCUT2D eigenvalue weighted by Crippen LogP contribution is 2.24. The first-order chi connectivity index (χ1) is 12.0. The summed E-state index contributed by atoms with van der Waals surface area (Å²) in [6.07, 6.45) is 0. The molecule has 3 rings (SSSR count). The van der Waals surface area contributed by atoms with Gasteiger partial charge in [-0.3, -0.25) is 9.59 Å². The fourth-order valence-corrected chi connectivity index (χ4v) is 2.97. The van der Waals surface area contributed by atoms with E-state index in [0.29, 0.717) is 15.6 Å². The number of rotatable bonds is 4. The Labute approximate surface area is 152 Å². The molecule has 0 atom stereocenters. The van der Waals surface area contributed by atoms with Crippen molar-refractivity contribution in [3.05, 3.63) is 81.3 Å². The molecule has 1 heterocycles. The SMILES string of the molecule is O=C(Nc1cc(Cl)ccc1C(=O)Nc1cccc(F)c1)c1cccs1. The monoisotopic (exact) mass is 374 g/mol. The molecule has 0 radical (unpaired) electrons. The number of carbonyl (C=O) groups is 2. The highest BCUT2D eigenvalue weighted by Gasteiger charge is 2.16. The van der Waals surface area contributed by atoms with Crippen LogP contribution < -0.4 is 10.6 Å². The molecule has 0 saturated carbocycles. The predicted molar refractivity (Wildman–Crippen MR) is 98.1 cm³/mol. The lowest BCUT2D eigenvalue weighted by Gasteiger charge is -2.12. The van der Waals surface area contributed by atoms with Gasteiger partial charge in [0.25, 0.3) is 11.8 Å². The minimum Gasteiger partial charge on any atom is -0.322 e. The summed E-state index contributed by atoms with van der Waals surface area (Å²) < 4.78 is 13.3. The molecule has 0 bridgehead atoms. The van der Waals surface area contributed by atoms with Crippen LogP contribution in [0.25, 0.3) is 0 Å². The van der Waals surface area contributed by atoms with Crippen molar-refractivity contribution in [1.29, 1.82) is 0 Å². The van der Waals surface area contributed by atoms with Gasteiger partial charge in [-0.25, -0.2) is 4.39 Å². The summed E-state index contributed by atoms with van der Waals surface area (Å²) in [4.78, 5) is 25.2. The Balaban J connectivity index is 1.85. The van der Waals surface area contributed by atoms with Gasteiger partial charge in [0.05, 0.1) is 16.1 Å². The predicted octanol–water partition coefficient (Wildman–Crippen LogP) is 5.05. The second-order valence-corrected chi connectivity index (χ2v) is 6.47. The number of amides is 2. The van der Waals surface area contributed by atoms with Crippen LogP contribution in [-0.4, -0.2) is 11.8 Å². The van der Waals surface area contributed by atoms with Crippen molar-refractivity contribution in [3.8, 4) is 0 Å². The average Bonchev–Trinajstić information content (AvgIpc) is 3.09. The topological polar surface area (TPSA) is 58.2 Å². The van der Waals surface area contributed by atoms with E-state index in [1.54, 1.807) is 29.6 Å². The van der Waals surface area contributed by atoms with Crippen molar-refractivity contribution in [2.24, 2.45) is 0 Å². The van der Waals surface area contributed by atoms with Gasteiger partial charge in [-0.2, -0.15) is 0 Å². The Morgan fingerprint density at radius 3 is 2.52 bits per heavy atom. The zero-order valence-corrected chi connectivity index (χ0v) is 14.3. The lowest BCUT2D eigenvalue weighted by molar-refractivity contribution is 0.102. The molecule has 1 aromatic heterocycles. The van der Waals surface area contributed by atoms with E-state index in [1.165, 1.54) is 41.7 Å². The number of carbonyl (C=O) groups excluding carboxylic acids is 2. The normalized spacial score (nSPS) is 10.3. The van der Waals surface area contributed by atoms with Crippen LogP contribution >= 0.6 is 22.9 Å². The highest BCUT2D eigenvalue weighted by molar-refractivity contribution is 7.12. The van der Waals surface area contributed by atoms with Crippen molar-refractivity contribution in [2.45, 2.75) is 0 Å². The molecule has 4 nitrogen and oxygen atoms in total. The molecule has 0 aliphatic rings. The third kappa shape index (κ3) is 4.23. The van der Waals surface area contributed by atoms with Crippen molar-refractivity contribution >= 4 is 46.1 Å². The van der Waals surface area contributed by atoms with E-state index in [9.17, 15) is 14.0 Å². The van der Waals surface area contributed by atoms with Crippen molar-refractivity contribution in [1.82, 2.24) is 0 Å². The molecule has 126 valence electrons. The second-order valence-electron chi connectivity index (χ2n) is 5.09. The molecule has 2 amide bonds. The van der Waals surface area contributed by atoms with Gasteiger partial charge >= 0.3 is 0 Å². The van der Waals surface area contributed by atoms with Crippen LogP contribution in [0.3, 0.4) is 0 Å². The fraction of sp³-hybridized carbons (Fsp3) is 0. The van der Waals surface area contributed by atoms with Crippen LogP contribution in [0.2, 0.25) is 5.02 Å². The number of halogens is 2. The highest BCUT2D eigenvalue weighted by atomic mass is 35.5. The van der Waals surface area contributed by atoms with Crippen LogP contribution in [0.1, 0.15) is 20.0 Å². The number of anilines is 2. The first-order valence-electron chi connectivity index (χ1n) is 7.24. The minimum absolute atomic E-state index is 0.221. The van der Waals surface area contributed by atoms with Crippen molar-refractivity contribution in [2.75, 3.05) is 10.6 Å². The molecule has 0 spiro atoms. The van der Waals surface area contributed by atoms with E-state index in [0.717, 1.165) is 0 Å². The van der Waals surface area contributed by atoms with Crippen LogP contribution in [-0.2, 0) is 0 Å². The Morgan fingerprint density at radius 1 is 0.960 bits per heavy atom. The molecule has 2 aromatic carbocycles. The largest absolute Gasteiger partial charge is 0.322 e. The molecular weight excluding hydrogens is 363 g/mol. The van der Waals surface area contributed by atoms with E-state index in [4.69, 9.17) is 11.6 Å². The Kier molecular flexibility index (Phi) is 5.11. The fourth-order valence-electron chi connectivity index (χ4n) is 2.17. The molecule has 25 heavy (non-hydrogen) atoms. The summed E-state index contributed by atoms with van der Waals surface area (Å²) in [5, 5.41) is 7.44. The van der Waals surface area contributed by atoms with E-state index in [2.05, 4.69) is 10.6 Å². The van der Waals surface area contributed by atoms with Gasteiger partial charge in [0.1, 0.15) is 5.82 Å². The quantitative estimate of drug-likeness (QED) is 0.671. The van der Waals surface area contributed by atoms with Gasteiger partial charge in [-0.15, -0.1) is 11.3 Å². The molecule has 3 aromatic rings. The molecule has 0 unspecified atom stereocenters. The van der Waals surface area contributed by atoms with Gasteiger partial charge in [-0.1, -0.05) is 23.7 Å². The molecule has 2 N–H and O–H groups in total.